The molecule has 1 fully saturated rings. The summed E-state index contributed by atoms with van der Waals surface area (Å²) in [4.78, 5) is 20.6. The van der Waals surface area contributed by atoms with Gasteiger partial charge in [-0.25, -0.2) is 9.37 Å². The number of aromatic nitrogens is 1. The lowest BCUT2D eigenvalue weighted by molar-refractivity contribution is 0.0501. The number of halogens is 1. The molecule has 4 rings (SSSR count). The number of carbonyl (C=O) groups excluding carboxylic acids is 1. The molecule has 0 radical (unpaired) electrons. The third-order valence-electron chi connectivity index (χ3n) is 5.03. The van der Waals surface area contributed by atoms with Gasteiger partial charge < -0.3 is 9.64 Å². The van der Waals surface area contributed by atoms with E-state index in [1.807, 2.05) is 37.3 Å². The number of aryl methyl sites for hydroxylation is 1. The van der Waals surface area contributed by atoms with Crippen molar-refractivity contribution in [3.05, 3.63) is 76.7 Å². The molecule has 3 aromatic rings. The van der Waals surface area contributed by atoms with Crippen LogP contribution < -0.4 is 0 Å². The van der Waals surface area contributed by atoms with Crippen LogP contribution in [0.3, 0.4) is 0 Å². The summed E-state index contributed by atoms with van der Waals surface area (Å²) in [5, 5.41) is 0.829. The normalized spacial score (nSPS) is 16.1. The predicted octanol–water partition coefficient (Wildman–Crippen LogP) is 5.08. The SMILES string of the molecule is Cc1nc(C(=O)N(Cc2ccccc2F)CC2CCCO2)c(-c2ccccc2)s1. The molecule has 1 amide bonds. The second kappa shape index (κ2) is 8.84. The van der Waals surface area contributed by atoms with Crippen molar-refractivity contribution in [3.63, 3.8) is 0 Å². The smallest absolute Gasteiger partial charge is 0.274 e. The quantitative estimate of drug-likeness (QED) is 0.569. The first-order valence-electron chi connectivity index (χ1n) is 9.79. The van der Waals surface area contributed by atoms with Crippen molar-refractivity contribution >= 4 is 17.2 Å². The van der Waals surface area contributed by atoms with Crippen LogP contribution in [-0.2, 0) is 11.3 Å². The van der Waals surface area contributed by atoms with Crippen LogP contribution in [0.4, 0.5) is 4.39 Å². The Morgan fingerprint density at radius 2 is 1.97 bits per heavy atom. The maximum absolute atomic E-state index is 14.3. The number of carbonyl (C=O) groups is 1. The summed E-state index contributed by atoms with van der Waals surface area (Å²) >= 11 is 1.50. The molecule has 1 aliphatic heterocycles. The zero-order valence-corrected chi connectivity index (χ0v) is 17.1. The van der Waals surface area contributed by atoms with E-state index in [-0.39, 0.29) is 24.4 Å². The minimum Gasteiger partial charge on any atom is -0.376 e. The van der Waals surface area contributed by atoms with Gasteiger partial charge in [-0.1, -0.05) is 48.5 Å². The van der Waals surface area contributed by atoms with Crippen molar-refractivity contribution < 1.29 is 13.9 Å². The summed E-state index contributed by atoms with van der Waals surface area (Å²) in [7, 11) is 0. The lowest BCUT2D eigenvalue weighted by atomic mass is 10.1. The van der Waals surface area contributed by atoms with Crippen LogP contribution in [0.5, 0.6) is 0 Å². The van der Waals surface area contributed by atoms with E-state index >= 15 is 0 Å². The van der Waals surface area contributed by atoms with Crippen LogP contribution in [0.2, 0.25) is 0 Å². The largest absolute Gasteiger partial charge is 0.376 e. The minimum absolute atomic E-state index is 0.0226. The molecule has 1 aliphatic rings. The average molecular weight is 411 g/mol. The first-order valence-corrected chi connectivity index (χ1v) is 10.6. The molecule has 1 unspecified atom stereocenters. The number of amides is 1. The zero-order chi connectivity index (χ0) is 20.2. The van der Waals surface area contributed by atoms with Crippen LogP contribution in [-0.4, -0.2) is 35.0 Å². The summed E-state index contributed by atoms with van der Waals surface area (Å²) in [6, 6.07) is 16.4. The van der Waals surface area contributed by atoms with Gasteiger partial charge in [-0.15, -0.1) is 11.3 Å². The molecule has 0 bridgehead atoms. The molecule has 2 heterocycles. The van der Waals surface area contributed by atoms with Gasteiger partial charge in [0.15, 0.2) is 0 Å². The summed E-state index contributed by atoms with van der Waals surface area (Å²) in [6.07, 6.45) is 1.87. The standard InChI is InChI=1S/C23H23FN2O2S/c1-16-25-21(22(29-16)17-8-3-2-4-9-17)23(27)26(15-19-11-7-13-28-19)14-18-10-5-6-12-20(18)24/h2-6,8-10,12,19H,7,11,13-15H2,1H3. The molecule has 1 saturated heterocycles. The molecular weight excluding hydrogens is 387 g/mol. The Morgan fingerprint density at radius 1 is 1.21 bits per heavy atom. The number of hydrogen-bond donors (Lipinski definition) is 0. The molecule has 2 aromatic carbocycles. The van der Waals surface area contributed by atoms with Crippen molar-refractivity contribution in [2.45, 2.75) is 32.4 Å². The van der Waals surface area contributed by atoms with Crippen LogP contribution in [0.25, 0.3) is 10.4 Å². The average Bonchev–Trinajstić information content (AvgIpc) is 3.39. The maximum Gasteiger partial charge on any atom is 0.274 e. The number of hydrogen-bond acceptors (Lipinski definition) is 4. The first kappa shape index (κ1) is 19.7. The predicted molar refractivity (Wildman–Crippen MR) is 112 cm³/mol. The van der Waals surface area contributed by atoms with E-state index in [4.69, 9.17) is 4.74 Å². The number of ether oxygens (including phenoxy) is 1. The molecule has 1 atom stereocenters. The zero-order valence-electron chi connectivity index (χ0n) is 16.3. The van der Waals surface area contributed by atoms with Crippen LogP contribution in [0, 0.1) is 12.7 Å². The van der Waals surface area contributed by atoms with Crippen molar-refractivity contribution in [2.75, 3.05) is 13.2 Å². The van der Waals surface area contributed by atoms with Crippen LogP contribution >= 0.6 is 11.3 Å². The van der Waals surface area contributed by atoms with E-state index < -0.39 is 0 Å². The van der Waals surface area contributed by atoms with Gasteiger partial charge in [0.2, 0.25) is 0 Å². The molecule has 150 valence electrons. The van der Waals surface area contributed by atoms with E-state index in [9.17, 15) is 9.18 Å². The van der Waals surface area contributed by atoms with Crippen LogP contribution in [0.15, 0.2) is 54.6 Å². The highest BCUT2D eigenvalue weighted by Crippen LogP contribution is 2.31. The van der Waals surface area contributed by atoms with E-state index in [0.29, 0.717) is 24.4 Å². The lowest BCUT2D eigenvalue weighted by Crippen LogP contribution is -2.37. The molecule has 1 aromatic heterocycles. The van der Waals surface area contributed by atoms with E-state index in [1.54, 1.807) is 23.1 Å². The fourth-order valence-corrected chi connectivity index (χ4v) is 4.51. The monoisotopic (exact) mass is 410 g/mol. The van der Waals surface area contributed by atoms with Crippen molar-refractivity contribution in [1.82, 2.24) is 9.88 Å². The van der Waals surface area contributed by atoms with Gasteiger partial charge in [0.25, 0.3) is 5.91 Å². The van der Waals surface area contributed by atoms with Gasteiger partial charge in [-0.05, 0) is 31.4 Å². The van der Waals surface area contributed by atoms with Crippen LogP contribution in [0.1, 0.15) is 33.9 Å². The molecular formula is C23H23FN2O2S. The Hall–Kier alpha value is -2.57. The second-order valence-electron chi connectivity index (χ2n) is 7.19. The summed E-state index contributed by atoms with van der Waals surface area (Å²) < 4.78 is 20.0. The van der Waals surface area contributed by atoms with E-state index in [0.717, 1.165) is 28.3 Å². The molecule has 0 N–H and O–H groups in total. The highest BCUT2D eigenvalue weighted by Gasteiger charge is 2.28. The highest BCUT2D eigenvalue weighted by molar-refractivity contribution is 7.15. The highest BCUT2D eigenvalue weighted by atomic mass is 32.1. The minimum atomic E-state index is -0.310. The Kier molecular flexibility index (Phi) is 6.02. The van der Waals surface area contributed by atoms with Gasteiger partial charge in [-0.3, -0.25) is 4.79 Å². The second-order valence-corrected chi connectivity index (χ2v) is 8.39. The Labute approximate surface area is 174 Å². The van der Waals surface area contributed by atoms with Crippen molar-refractivity contribution in [1.29, 1.82) is 0 Å². The Morgan fingerprint density at radius 3 is 2.69 bits per heavy atom. The fraction of sp³-hybridized carbons (Fsp3) is 0.304. The van der Waals surface area contributed by atoms with E-state index in [2.05, 4.69) is 4.98 Å². The number of thiazole rings is 1. The van der Waals surface area contributed by atoms with Crippen molar-refractivity contribution in [2.24, 2.45) is 0 Å². The Balaban J connectivity index is 1.67. The van der Waals surface area contributed by atoms with Gasteiger partial charge in [0.05, 0.1) is 16.0 Å². The molecule has 6 heteroatoms. The van der Waals surface area contributed by atoms with Gasteiger partial charge in [-0.2, -0.15) is 0 Å². The third kappa shape index (κ3) is 4.54. The van der Waals surface area contributed by atoms with Gasteiger partial charge in [0.1, 0.15) is 11.5 Å². The molecule has 0 saturated carbocycles. The fourth-order valence-electron chi connectivity index (χ4n) is 3.59. The molecule has 0 spiro atoms. The molecule has 4 nitrogen and oxygen atoms in total. The number of benzene rings is 2. The van der Waals surface area contributed by atoms with Gasteiger partial charge >= 0.3 is 0 Å². The lowest BCUT2D eigenvalue weighted by Gasteiger charge is -2.25. The first-order chi connectivity index (χ1) is 14.1. The molecule has 29 heavy (non-hydrogen) atoms. The molecule has 0 aliphatic carbocycles. The number of rotatable bonds is 6. The number of nitrogens with zero attached hydrogens (tertiary/aromatic N) is 2. The Bertz CT molecular complexity index is 984. The van der Waals surface area contributed by atoms with E-state index in [1.165, 1.54) is 17.4 Å². The third-order valence-corrected chi connectivity index (χ3v) is 6.05. The summed E-state index contributed by atoms with van der Waals surface area (Å²) in [5.74, 6) is -0.498. The summed E-state index contributed by atoms with van der Waals surface area (Å²) in [6.45, 7) is 3.22. The topological polar surface area (TPSA) is 42.4 Å². The van der Waals surface area contributed by atoms with Crippen molar-refractivity contribution in [3.8, 4) is 10.4 Å². The maximum atomic E-state index is 14.3. The summed E-state index contributed by atoms with van der Waals surface area (Å²) in [5.41, 5.74) is 1.88. The van der Waals surface area contributed by atoms with Gasteiger partial charge in [0, 0.05) is 25.3 Å².